The monoisotopic (exact) mass is 518 g/mol. The molecule has 0 unspecified atom stereocenters. The summed E-state index contributed by atoms with van der Waals surface area (Å²) < 4.78 is 16.5. The van der Waals surface area contributed by atoms with Crippen molar-refractivity contribution in [1.29, 1.82) is 0 Å². The molecule has 0 bridgehead atoms. The highest BCUT2D eigenvalue weighted by Gasteiger charge is 2.19. The van der Waals surface area contributed by atoms with E-state index in [4.69, 9.17) is 14.2 Å². The molecular weight excluding hydrogens is 484 g/mol. The lowest BCUT2D eigenvalue weighted by Gasteiger charge is -2.18. The first-order chi connectivity index (χ1) is 18.5. The van der Waals surface area contributed by atoms with Gasteiger partial charge in [-0.15, -0.1) is 0 Å². The first-order valence-electron chi connectivity index (χ1n) is 12.5. The Morgan fingerprint density at radius 3 is 2.32 bits per heavy atom. The molecule has 1 amide bonds. The van der Waals surface area contributed by atoms with Gasteiger partial charge in [-0.1, -0.05) is 24.3 Å². The van der Waals surface area contributed by atoms with E-state index in [0.717, 1.165) is 33.2 Å². The maximum Gasteiger partial charge on any atom is 0.251 e. The van der Waals surface area contributed by atoms with Crippen molar-refractivity contribution in [3.05, 3.63) is 77.5 Å². The van der Waals surface area contributed by atoms with Crippen molar-refractivity contribution in [3.8, 4) is 28.4 Å². The summed E-state index contributed by atoms with van der Waals surface area (Å²) in [6, 6.07) is 16.8. The molecule has 0 saturated carbocycles. The summed E-state index contributed by atoms with van der Waals surface area (Å²) in [7, 11) is 4.66. The Hall–Kier alpha value is -4.01. The lowest BCUT2D eigenvalue weighted by molar-refractivity contribution is 0.0916. The molecule has 4 aromatic rings. The summed E-state index contributed by atoms with van der Waals surface area (Å²) in [5, 5.41) is 23.5. The number of carbonyl (C=O) groups is 1. The molecule has 4 N–H and O–H groups in total. The molecule has 3 aromatic carbocycles. The Balaban J connectivity index is 1.65. The number of nitrogens with one attached hydrogen (secondary N) is 2. The largest absolute Gasteiger partial charge is 0.493 e. The number of aliphatic hydroxyl groups is 2. The second-order valence-electron chi connectivity index (χ2n) is 9.08. The number of fused-ring (bicyclic) bond motifs is 1. The molecule has 0 spiro atoms. The average Bonchev–Trinajstić information content (AvgIpc) is 3.37. The molecule has 0 aliphatic rings. The number of amides is 1. The van der Waals surface area contributed by atoms with Gasteiger partial charge in [0.1, 0.15) is 0 Å². The standard InChI is InChI=1S/C30H34N2O6/c1-36-27-15-21(16-28(37-2)29(27)38-3)20-11-19(7-6-10-33)12-22(13-20)30(35)32-24(18-34)14-23-17-31-26-9-5-4-8-25(23)26/h4-5,8-9,11-13,15-17,24,31,33-34H,6-7,10,14,18H2,1-3H3,(H,32,35)/t24-/m1/s1. The Kier molecular flexibility index (Phi) is 8.89. The molecule has 0 radical (unpaired) electrons. The van der Waals surface area contributed by atoms with Crippen LogP contribution in [-0.2, 0) is 12.8 Å². The van der Waals surface area contributed by atoms with Crippen molar-refractivity contribution in [1.82, 2.24) is 10.3 Å². The lowest BCUT2D eigenvalue weighted by Crippen LogP contribution is -2.39. The van der Waals surface area contributed by atoms with E-state index in [2.05, 4.69) is 10.3 Å². The highest BCUT2D eigenvalue weighted by Crippen LogP contribution is 2.41. The van der Waals surface area contributed by atoms with Crippen molar-refractivity contribution < 1.29 is 29.2 Å². The Labute approximate surface area is 222 Å². The van der Waals surface area contributed by atoms with Gasteiger partial charge in [-0.2, -0.15) is 0 Å². The highest BCUT2D eigenvalue weighted by atomic mass is 16.5. The van der Waals surface area contributed by atoms with E-state index in [1.165, 1.54) is 0 Å². The molecular formula is C30H34N2O6. The normalized spacial score (nSPS) is 11.8. The van der Waals surface area contributed by atoms with Crippen LogP contribution in [0.2, 0.25) is 0 Å². The van der Waals surface area contributed by atoms with Crippen LogP contribution < -0.4 is 19.5 Å². The van der Waals surface area contributed by atoms with Gasteiger partial charge in [0.2, 0.25) is 5.75 Å². The zero-order valence-corrected chi connectivity index (χ0v) is 21.9. The minimum atomic E-state index is -0.465. The molecule has 0 aliphatic carbocycles. The second kappa shape index (κ2) is 12.5. The van der Waals surface area contributed by atoms with Gasteiger partial charge in [-0.25, -0.2) is 0 Å². The van der Waals surface area contributed by atoms with Gasteiger partial charge < -0.3 is 34.7 Å². The third kappa shape index (κ3) is 5.93. The molecule has 8 heteroatoms. The van der Waals surface area contributed by atoms with Crippen molar-refractivity contribution in [3.63, 3.8) is 0 Å². The van der Waals surface area contributed by atoms with Crippen molar-refractivity contribution in [2.75, 3.05) is 34.5 Å². The van der Waals surface area contributed by atoms with Crippen LogP contribution in [0.15, 0.2) is 60.8 Å². The number of rotatable bonds is 12. The molecule has 1 aromatic heterocycles. The summed E-state index contributed by atoms with van der Waals surface area (Å²) in [5.41, 5.74) is 4.99. The molecule has 1 atom stereocenters. The lowest BCUT2D eigenvalue weighted by atomic mass is 9.96. The van der Waals surface area contributed by atoms with Gasteiger partial charge in [0.05, 0.1) is 34.0 Å². The second-order valence-corrected chi connectivity index (χ2v) is 9.08. The van der Waals surface area contributed by atoms with Crippen LogP contribution in [0.3, 0.4) is 0 Å². The predicted octanol–water partition coefficient (Wildman–Crippen LogP) is 4.12. The number of H-pyrrole nitrogens is 1. The van der Waals surface area contributed by atoms with Crippen LogP contribution in [0, 0.1) is 0 Å². The van der Waals surface area contributed by atoms with Gasteiger partial charge >= 0.3 is 0 Å². The number of carbonyl (C=O) groups excluding carboxylic acids is 1. The minimum absolute atomic E-state index is 0.0488. The smallest absolute Gasteiger partial charge is 0.251 e. The van der Waals surface area contributed by atoms with E-state index in [-0.39, 0.29) is 19.1 Å². The van der Waals surface area contributed by atoms with Crippen molar-refractivity contribution in [2.45, 2.75) is 25.3 Å². The zero-order chi connectivity index (χ0) is 27.1. The quantitative estimate of drug-likeness (QED) is 0.224. The average molecular weight is 519 g/mol. The number of para-hydroxylation sites is 1. The predicted molar refractivity (Wildman–Crippen MR) is 147 cm³/mol. The number of hydrogen-bond donors (Lipinski definition) is 4. The SMILES string of the molecule is COc1cc(-c2cc(CCCO)cc(C(=O)N[C@@H](CO)Cc3c[nH]c4ccccc34)c2)cc(OC)c1OC. The molecule has 0 fully saturated rings. The molecule has 0 saturated heterocycles. The van der Waals surface area contributed by atoms with Crippen LogP contribution in [0.4, 0.5) is 0 Å². The van der Waals surface area contributed by atoms with E-state index < -0.39 is 6.04 Å². The van der Waals surface area contributed by atoms with E-state index in [9.17, 15) is 15.0 Å². The number of benzene rings is 3. The van der Waals surface area contributed by atoms with Crippen molar-refractivity contribution in [2.24, 2.45) is 0 Å². The fourth-order valence-electron chi connectivity index (χ4n) is 4.66. The summed E-state index contributed by atoms with van der Waals surface area (Å²) >= 11 is 0. The van der Waals surface area contributed by atoms with Gasteiger partial charge in [0.25, 0.3) is 5.91 Å². The molecule has 200 valence electrons. The fraction of sp³-hybridized carbons (Fsp3) is 0.300. The summed E-state index contributed by atoms with van der Waals surface area (Å²) in [4.78, 5) is 16.7. The van der Waals surface area contributed by atoms with Crippen LogP contribution in [-0.4, -0.2) is 61.7 Å². The Morgan fingerprint density at radius 2 is 1.66 bits per heavy atom. The van der Waals surface area contributed by atoms with E-state index >= 15 is 0 Å². The Morgan fingerprint density at radius 1 is 0.947 bits per heavy atom. The Bertz CT molecular complexity index is 1370. The van der Waals surface area contributed by atoms with E-state index in [0.29, 0.717) is 42.1 Å². The fourth-order valence-corrected chi connectivity index (χ4v) is 4.66. The summed E-state index contributed by atoms with van der Waals surface area (Å²) in [5.74, 6) is 1.21. The van der Waals surface area contributed by atoms with E-state index in [1.54, 1.807) is 27.4 Å². The first-order valence-corrected chi connectivity index (χ1v) is 12.5. The first kappa shape index (κ1) is 27.0. The van der Waals surface area contributed by atoms with Crippen molar-refractivity contribution >= 4 is 16.8 Å². The minimum Gasteiger partial charge on any atom is -0.493 e. The zero-order valence-electron chi connectivity index (χ0n) is 21.9. The van der Waals surface area contributed by atoms with Gasteiger partial charge in [-0.3, -0.25) is 4.79 Å². The van der Waals surface area contributed by atoms with Crippen LogP contribution in [0.25, 0.3) is 22.0 Å². The number of aliphatic hydroxyl groups excluding tert-OH is 2. The van der Waals surface area contributed by atoms with Gasteiger partial charge in [-0.05, 0) is 71.8 Å². The number of ether oxygens (including phenoxy) is 3. The van der Waals surface area contributed by atoms with E-state index in [1.807, 2.05) is 54.7 Å². The highest BCUT2D eigenvalue weighted by molar-refractivity contribution is 5.96. The molecule has 1 heterocycles. The number of aryl methyl sites for hydroxylation is 1. The van der Waals surface area contributed by atoms with Crippen LogP contribution in [0.1, 0.15) is 27.9 Å². The maximum atomic E-state index is 13.4. The molecule has 38 heavy (non-hydrogen) atoms. The maximum absolute atomic E-state index is 13.4. The topological polar surface area (TPSA) is 113 Å². The summed E-state index contributed by atoms with van der Waals surface area (Å²) in [6.07, 6.45) is 3.57. The number of aromatic amines is 1. The molecule has 0 aliphatic heterocycles. The van der Waals surface area contributed by atoms with Crippen LogP contribution in [0.5, 0.6) is 17.2 Å². The summed E-state index contributed by atoms with van der Waals surface area (Å²) in [6.45, 7) is -0.150. The number of methoxy groups -OCH3 is 3. The molecule has 4 rings (SSSR count). The molecule has 8 nitrogen and oxygen atoms in total. The third-order valence-electron chi connectivity index (χ3n) is 6.57. The number of hydrogen-bond acceptors (Lipinski definition) is 6. The third-order valence-corrected chi connectivity index (χ3v) is 6.57. The van der Waals surface area contributed by atoms with Gasteiger partial charge in [0, 0.05) is 29.3 Å². The number of aromatic nitrogens is 1. The van der Waals surface area contributed by atoms with Gasteiger partial charge in [0.15, 0.2) is 11.5 Å². The van der Waals surface area contributed by atoms with Crippen LogP contribution >= 0.6 is 0 Å².